The maximum atomic E-state index is 13.7. The van der Waals surface area contributed by atoms with Crippen molar-refractivity contribution in [1.82, 2.24) is 14.8 Å². The molecule has 120 valence electrons. The number of benzene rings is 1. The number of rotatable bonds is 7. The van der Waals surface area contributed by atoms with Crippen LogP contribution in [0.1, 0.15) is 5.56 Å². The van der Waals surface area contributed by atoms with E-state index in [1.165, 1.54) is 17.8 Å². The summed E-state index contributed by atoms with van der Waals surface area (Å²) in [5.41, 5.74) is 0.637. The van der Waals surface area contributed by atoms with Gasteiger partial charge in [-0.15, -0.1) is 10.2 Å². The van der Waals surface area contributed by atoms with Crippen molar-refractivity contribution >= 4 is 11.8 Å². The third-order valence-corrected chi connectivity index (χ3v) is 4.31. The Labute approximate surface area is 137 Å². The molecular weight excluding hydrogens is 317 g/mol. The van der Waals surface area contributed by atoms with E-state index >= 15 is 0 Å². The van der Waals surface area contributed by atoms with Crippen LogP contribution < -0.4 is 0 Å². The number of hydrogen-bond acceptors (Lipinski definition) is 5. The first-order chi connectivity index (χ1) is 11.3. The van der Waals surface area contributed by atoms with E-state index in [1.54, 1.807) is 31.6 Å². The van der Waals surface area contributed by atoms with Crippen molar-refractivity contribution in [2.45, 2.75) is 17.5 Å². The lowest BCUT2D eigenvalue weighted by molar-refractivity contribution is 0.185. The summed E-state index contributed by atoms with van der Waals surface area (Å²) in [5.74, 6) is 1.55. The molecule has 2 aromatic heterocycles. The van der Waals surface area contributed by atoms with Gasteiger partial charge in [0.2, 0.25) is 5.82 Å². The van der Waals surface area contributed by atoms with Gasteiger partial charge in [0.1, 0.15) is 5.82 Å². The summed E-state index contributed by atoms with van der Waals surface area (Å²) in [5, 5.41) is 9.11. The van der Waals surface area contributed by atoms with Crippen molar-refractivity contribution in [3.8, 4) is 11.6 Å². The molecule has 0 bridgehead atoms. The first-order valence-corrected chi connectivity index (χ1v) is 8.10. The molecule has 0 fully saturated rings. The molecule has 0 atom stereocenters. The SMILES string of the molecule is COCCn1c(SCc2ccccc2F)nnc1-c1ccco1. The summed E-state index contributed by atoms with van der Waals surface area (Å²) in [4.78, 5) is 0. The summed E-state index contributed by atoms with van der Waals surface area (Å²) in [6, 6.07) is 10.4. The standard InChI is InChI=1S/C16H16FN3O2S/c1-21-10-8-20-15(14-7-4-9-22-14)18-19-16(20)23-11-12-5-2-3-6-13(12)17/h2-7,9H,8,10-11H2,1H3. The molecule has 7 heteroatoms. The minimum absolute atomic E-state index is 0.214. The normalized spacial score (nSPS) is 11.0. The van der Waals surface area contributed by atoms with E-state index in [-0.39, 0.29) is 5.82 Å². The van der Waals surface area contributed by atoms with E-state index in [1.807, 2.05) is 16.7 Å². The van der Waals surface area contributed by atoms with E-state index in [2.05, 4.69) is 10.2 Å². The number of furan rings is 1. The number of halogens is 1. The van der Waals surface area contributed by atoms with Gasteiger partial charge in [-0.25, -0.2) is 4.39 Å². The summed E-state index contributed by atoms with van der Waals surface area (Å²) >= 11 is 1.43. The zero-order valence-corrected chi connectivity index (χ0v) is 13.4. The van der Waals surface area contributed by atoms with Crippen LogP contribution in [0.25, 0.3) is 11.6 Å². The lowest BCUT2D eigenvalue weighted by atomic mass is 10.2. The van der Waals surface area contributed by atoms with E-state index in [4.69, 9.17) is 9.15 Å². The molecule has 1 aromatic carbocycles. The molecule has 0 amide bonds. The summed E-state index contributed by atoms with van der Waals surface area (Å²) in [6.07, 6.45) is 1.59. The summed E-state index contributed by atoms with van der Waals surface area (Å²) in [7, 11) is 1.64. The molecule has 0 radical (unpaired) electrons. The fraction of sp³-hybridized carbons (Fsp3) is 0.250. The molecule has 0 spiro atoms. The Morgan fingerprint density at radius 1 is 1.22 bits per heavy atom. The minimum atomic E-state index is -0.214. The molecule has 0 aliphatic rings. The van der Waals surface area contributed by atoms with Gasteiger partial charge in [0.05, 0.1) is 19.4 Å². The van der Waals surface area contributed by atoms with Gasteiger partial charge in [-0.3, -0.25) is 4.57 Å². The van der Waals surface area contributed by atoms with Crippen LogP contribution in [0.3, 0.4) is 0 Å². The van der Waals surface area contributed by atoms with E-state index in [0.29, 0.717) is 41.2 Å². The molecule has 2 heterocycles. The van der Waals surface area contributed by atoms with Crippen molar-refractivity contribution in [3.63, 3.8) is 0 Å². The number of hydrogen-bond donors (Lipinski definition) is 0. The van der Waals surface area contributed by atoms with Crippen LogP contribution in [0.15, 0.2) is 52.2 Å². The molecule has 0 aliphatic heterocycles. The quantitative estimate of drug-likeness (QED) is 0.618. The second kappa shape index (κ2) is 7.43. The third-order valence-electron chi connectivity index (χ3n) is 3.29. The van der Waals surface area contributed by atoms with Crippen molar-refractivity contribution in [2.75, 3.05) is 13.7 Å². The molecule has 0 unspecified atom stereocenters. The Hall–Kier alpha value is -2.12. The summed E-state index contributed by atoms with van der Waals surface area (Å²) in [6.45, 7) is 1.12. The fourth-order valence-electron chi connectivity index (χ4n) is 2.13. The average Bonchev–Trinajstić information content (AvgIpc) is 3.21. The number of nitrogens with zero attached hydrogens (tertiary/aromatic N) is 3. The third kappa shape index (κ3) is 3.62. The average molecular weight is 333 g/mol. The fourth-order valence-corrected chi connectivity index (χ4v) is 3.08. The van der Waals surface area contributed by atoms with E-state index < -0.39 is 0 Å². The number of aromatic nitrogens is 3. The molecular formula is C16H16FN3O2S. The summed E-state index contributed by atoms with van der Waals surface area (Å²) < 4.78 is 26.2. The van der Waals surface area contributed by atoms with Gasteiger partial charge in [0.25, 0.3) is 0 Å². The molecule has 3 aromatic rings. The Morgan fingerprint density at radius 3 is 2.83 bits per heavy atom. The second-order valence-electron chi connectivity index (χ2n) is 4.81. The smallest absolute Gasteiger partial charge is 0.200 e. The maximum absolute atomic E-state index is 13.7. The lowest BCUT2D eigenvalue weighted by Gasteiger charge is -2.08. The Kier molecular flexibility index (Phi) is 5.09. The molecule has 23 heavy (non-hydrogen) atoms. The monoisotopic (exact) mass is 333 g/mol. The Morgan fingerprint density at radius 2 is 2.09 bits per heavy atom. The van der Waals surface area contributed by atoms with Gasteiger partial charge in [0, 0.05) is 12.9 Å². The van der Waals surface area contributed by atoms with Gasteiger partial charge < -0.3 is 9.15 Å². The van der Waals surface area contributed by atoms with Crippen molar-refractivity contribution in [3.05, 3.63) is 54.0 Å². The molecule has 0 saturated carbocycles. The lowest BCUT2D eigenvalue weighted by Crippen LogP contribution is -2.07. The van der Waals surface area contributed by atoms with Gasteiger partial charge >= 0.3 is 0 Å². The molecule has 0 N–H and O–H groups in total. The van der Waals surface area contributed by atoms with E-state index in [9.17, 15) is 4.39 Å². The van der Waals surface area contributed by atoms with Crippen molar-refractivity contribution < 1.29 is 13.5 Å². The zero-order valence-electron chi connectivity index (χ0n) is 12.6. The van der Waals surface area contributed by atoms with Crippen LogP contribution in [0.4, 0.5) is 4.39 Å². The maximum Gasteiger partial charge on any atom is 0.200 e. The van der Waals surface area contributed by atoms with Crippen LogP contribution in [-0.4, -0.2) is 28.5 Å². The first-order valence-electron chi connectivity index (χ1n) is 7.12. The molecule has 3 rings (SSSR count). The largest absolute Gasteiger partial charge is 0.461 e. The van der Waals surface area contributed by atoms with Crippen molar-refractivity contribution in [2.24, 2.45) is 0 Å². The second-order valence-corrected chi connectivity index (χ2v) is 5.75. The molecule has 0 aliphatic carbocycles. The predicted octanol–water partition coefficient (Wildman–Crippen LogP) is 3.62. The minimum Gasteiger partial charge on any atom is -0.461 e. The highest BCUT2D eigenvalue weighted by molar-refractivity contribution is 7.98. The Bertz CT molecular complexity index is 759. The van der Waals surface area contributed by atoms with Crippen molar-refractivity contribution in [1.29, 1.82) is 0 Å². The Balaban J connectivity index is 1.82. The highest BCUT2D eigenvalue weighted by atomic mass is 32.2. The van der Waals surface area contributed by atoms with Gasteiger partial charge in [-0.2, -0.15) is 0 Å². The van der Waals surface area contributed by atoms with Gasteiger partial charge in [-0.05, 0) is 23.8 Å². The topological polar surface area (TPSA) is 53.1 Å². The number of ether oxygens (including phenoxy) is 1. The predicted molar refractivity (Wildman–Crippen MR) is 85.6 cm³/mol. The molecule has 0 saturated heterocycles. The highest BCUT2D eigenvalue weighted by Crippen LogP contribution is 2.27. The van der Waals surface area contributed by atoms with Crippen LogP contribution in [0, 0.1) is 5.82 Å². The number of thioether (sulfide) groups is 1. The first kappa shape index (κ1) is 15.8. The highest BCUT2D eigenvalue weighted by Gasteiger charge is 2.16. The van der Waals surface area contributed by atoms with Crippen LogP contribution in [-0.2, 0) is 17.0 Å². The van der Waals surface area contributed by atoms with Crippen LogP contribution in [0.2, 0.25) is 0 Å². The van der Waals surface area contributed by atoms with Gasteiger partial charge in [-0.1, -0.05) is 30.0 Å². The van der Waals surface area contributed by atoms with E-state index in [0.717, 1.165) is 0 Å². The van der Waals surface area contributed by atoms with Gasteiger partial charge in [0.15, 0.2) is 10.9 Å². The van der Waals surface area contributed by atoms with Crippen LogP contribution in [0.5, 0.6) is 0 Å². The number of methoxy groups -OCH3 is 1. The zero-order chi connectivity index (χ0) is 16.1. The molecule has 5 nitrogen and oxygen atoms in total. The van der Waals surface area contributed by atoms with Crippen LogP contribution >= 0.6 is 11.8 Å².